The maximum atomic E-state index is 4.62. The molecule has 0 radical (unpaired) electrons. The second-order valence-electron chi connectivity index (χ2n) is 4.66. The second kappa shape index (κ2) is 3.56. The molecule has 0 spiro atoms. The fraction of sp³-hybridized carbons (Fsp3) is 0.417. The van der Waals surface area contributed by atoms with Gasteiger partial charge in [-0.1, -0.05) is 44.7 Å². The summed E-state index contributed by atoms with van der Waals surface area (Å²) in [6, 6.07) is 8.24. The Morgan fingerprint density at radius 3 is 2.47 bits per heavy atom. The molecule has 0 N–H and O–H groups in total. The van der Waals surface area contributed by atoms with Crippen molar-refractivity contribution in [2.24, 2.45) is 7.05 Å². The SMILES string of the molecule is Cn1c(SC(C)(C)C)nc2ccccc21. The number of fused-ring (bicyclic) bond motifs is 1. The monoisotopic (exact) mass is 220 g/mol. The first kappa shape index (κ1) is 10.6. The molecule has 0 aliphatic heterocycles. The zero-order chi connectivity index (χ0) is 11.1. The predicted molar refractivity (Wildman–Crippen MR) is 66.3 cm³/mol. The van der Waals surface area contributed by atoms with Crippen LogP contribution in [0.15, 0.2) is 29.4 Å². The number of imidazole rings is 1. The lowest BCUT2D eigenvalue weighted by Gasteiger charge is -2.16. The van der Waals surface area contributed by atoms with Gasteiger partial charge in [-0.2, -0.15) is 0 Å². The van der Waals surface area contributed by atoms with Crippen LogP contribution in [-0.2, 0) is 7.05 Å². The highest BCUT2D eigenvalue weighted by atomic mass is 32.2. The van der Waals surface area contributed by atoms with Crippen molar-refractivity contribution in [3.63, 3.8) is 0 Å². The molecule has 0 atom stereocenters. The summed E-state index contributed by atoms with van der Waals surface area (Å²) >= 11 is 1.80. The minimum absolute atomic E-state index is 0.204. The number of benzene rings is 1. The fourth-order valence-electron chi connectivity index (χ4n) is 1.49. The summed E-state index contributed by atoms with van der Waals surface area (Å²) in [5.41, 5.74) is 2.27. The molecule has 80 valence electrons. The van der Waals surface area contributed by atoms with E-state index in [4.69, 9.17) is 0 Å². The van der Waals surface area contributed by atoms with Gasteiger partial charge in [0.15, 0.2) is 5.16 Å². The fourth-order valence-corrected chi connectivity index (χ4v) is 2.42. The molecule has 0 aliphatic carbocycles. The minimum Gasteiger partial charge on any atom is -0.322 e. The number of aromatic nitrogens is 2. The smallest absolute Gasteiger partial charge is 0.169 e. The molecule has 2 rings (SSSR count). The maximum Gasteiger partial charge on any atom is 0.169 e. The molecule has 3 heteroatoms. The molecule has 0 saturated heterocycles. The summed E-state index contributed by atoms with van der Waals surface area (Å²) in [6.45, 7) is 6.62. The van der Waals surface area contributed by atoms with Gasteiger partial charge in [0.1, 0.15) is 0 Å². The molecule has 0 aliphatic rings. The standard InChI is InChI=1S/C12H16N2S/c1-12(2,3)15-11-13-9-7-5-6-8-10(9)14(11)4/h5-8H,1-4H3. The summed E-state index contributed by atoms with van der Waals surface area (Å²) in [5, 5.41) is 1.09. The van der Waals surface area contributed by atoms with Crippen LogP contribution in [0.25, 0.3) is 11.0 Å². The van der Waals surface area contributed by atoms with Crippen molar-refractivity contribution < 1.29 is 0 Å². The number of nitrogens with zero attached hydrogens (tertiary/aromatic N) is 2. The summed E-state index contributed by atoms with van der Waals surface area (Å²) in [5.74, 6) is 0. The molecule has 1 heterocycles. The lowest BCUT2D eigenvalue weighted by atomic mass is 10.3. The quantitative estimate of drug-likeness (QED) is 0.685. The van der Waals surface area contributed by atoms with Crippen LogP contribution in [0.3, 0.4) is 0 Å². The van der Waals surface area contributed by atoms with Crippen molar-refractivity contribution in [3.8, 4) is 0 Å². The van der Waals surface area contributed by atoms with Gasteiger partial charge in [0.2, 0.25) is 0 Å². The summed E-state index contributed by atoms with van der Waals surface area (Å²) in [4.78, 5) is 4.62. The van der Waals surface area contributed by atoms with Crippen LogP contribution in [0, 0.1) is 0 Å². The van der Waals surface area contributed by atoms with Crippen LogP contribution in [0.5, 0.6) is 0 Å². The largest absolute Gasteiger partial charge is 0.322 e. The molecule has 0 fully saturated rings. The van der Waals surface area contributed by atoms with E-state index < -0.39 is 0 Å². The molecule has 0 unspecified atom stereocenters. The van der Waals surface area contributed by atoms with Gasteiger partial charge in [-0.05, 0) is 12.1 Å². The van der Waals surface area contributed by atoms with Crippen LogP contribution >= 0.6 is 11.8 Å². The summed E-state index contributed by atoms with van der Waals surface area (Å²) < 4.78 is 2.36. The number of thioether (sulfide) groups is 1. The number of rotatable bonds is 1. The molecule has 1 aromatic carbocycles. The van der Waals surface area contributed by atoms with E-state index in [-0.39, 0.29) is 4.75 Å². The van der Waals surface area contributed by atoms with Gasteiger partial charge in [0.25, 0.3) is 0 Å². The Morgan fingerprint density at radius 1 is 1.20 bits per heavy atom. The Kier molecular flexibility index (Phi) is 2.51. The summed E-state index contributed by atoms with van der Waals surface area (Å²) in [7, 11) is 2.07. The highest BCUT2D eigenvalue weighted by Gasteiger charge is 2.16. The number of hydrogen-bond donors (Lipinski definition) is 0. The molecule has 0 amide bonds. The van der Waals surface area contributed by atoms with Gasteiger partial charge in [-0.25, -0.2) is 4.98 Å². The number of para-hydroxylation sites is 2. The van der Waals surface area contributed by atoms with Crippen molar-refractivity contribution in [2.75, 3.05) is 0 Å². The highest BCUT2D eigenvalue weighted by Crippen LogP contribution is 2.32. The summed E-state index contributed by atoms with van der Waals surface area (Å²) in [6.07, 6.45) is 0. The first-order valence-corrected chi connectivity index (χ1v) is 5.89. The topological polar surface area (TPSA) is 17.8 Å². The number of hydrogen-bond acceptors (Lipinski definition) is 2. The van der Waals surface area contributed by atoms with Gasteiger partial charge in [0.05, 0.1) is 11.0 Å². The number of aryl methyl sites for hydroxylation is 1. The molecular formula is C12H16N2S. The van der Waals surface area contributed by atoms with E-state index in [1.807, 2.05) is 6.07 Å². The van der Waals surface area contributed by atoms with E-state index in [2.05, 4.69) is 55.6 Å². The zero-order valence-corrected chi connectivity index (χ0v) is 10.4. The van der Waals surface area contributed by atoms with E-state index in [0.717, 1.165) is 10.7 Å². The van der Waals surface area contributed by atoms with Crippen molar-refractivity contribution >= 4 is 22.8 Å². The van der Waals surface area contributed by atoms with E-state index >= 15 is 0 Å². The van der Waals surface area contributed by atoms with E-state index in [1.165, 1.54) is 5.52 Å². The molecule has 0 saturated carbocycles. The van der Waals surface area contributed by atoms with Crippen molar-refractivity contribution in [1.29, 1.82) is 0 Å². The highest BCUT2D eigenvalue weighted by molar-refractivity contribution is 8.00. The van der Waals surface area contributed by atoms with Crippen LogP contribution < -0.4 is 0 Å². The normalized spacial score (nSPS) is 12.3. The Labute approximate surface area is 94.7 Å². The van der Waals surface area contributed by atoms with Crippen LogP contribution in [0.1, 0.15) is 20.8 Å². The average molecular weight is 220 g/mol. The first-order valence-electron chi connectivity index (χ1n) is 5.08. The van der Waals surface area contributed by atoms with Crippen molar-refractivity contribution in [3.05, 3.63) is 24.3 Å². The van der Waals surface area contributed by atoms with E-state index in [9.17, 15) is 0 Å². The second-order valence-corrected chi connectivity index (χ2v) is 6.45. The van der Waals surface area contributed by atoms with E-state index in [0.29, 0.717) is 0 Å². The van der Waals surface area contributed by atoms with Crippen LogP contribution in [0.4, 0.5) is 0 Å². The third-order valence-electron chi connectivity index (χ3n) is 2.14. The van der Waals surface area contributed by atoms with Crippen molar-refractivity contribution in [2.45, 2.75) is 30.7 Å². The third kappa shape index (κ3) is 2.17. The molecule has 1 aromatic heterocycles. The Morgan fingerprint density at radius 2 is 1.87 bits per heavy atom. The Balaban J connectivity index is 2.49. The molecule has 0 bridgehead atoms. The third-order valence-corrected chi connectivity index (χ3v) is 3.30. The van der Waals surface area contributed by atoms with Gasteiger partial charge < -0.3 is 4.57 Å². The maximum absolute atomic E-state index is 4.62. The van der Waals surface area contributed by atoms with Crippen LogP contribution in [0.2, 0.25) is 0 Å². The van der Waals surface area contributed by atoms with Crippen LogP contribution in [-0.4, -0.2) is 14.3 Å². The minimum atomic E-state index is 0.204. The Bertz CT molecular complexity index is 480. The van der Waals surface area contributed by atoms with Gasteiger partial charge in [-0.15, -0.1) is 0 Å². The Hall–Kier alpha value is -0.960. The lowest BCUT2D eigenvalue weighted by molar-refractivity contribution is 0.765. The molecular weight excluding hydrogens is 204 g/mol. The predicted octanol–water partition coefficient (Wildman–Crippen LogP) is 3.46. The lowest BCUT2D eigenvalue weighted by Crippen LogP contribution is -2.08. The molecule has 2 nitrogen and oxygen atoms in total. The van der Waals surface area contributed by atoms with Crippen molar-refractivity contribution in [1.82, 2.24) is 9.55 Å². The first-order chi connectivity index (χ1) is 6.97. The van der Waals surface area contributed by atoms with E-state index in [1.54, 1.807) is 11.8 Å². The average Bonchev–Trinajstić information content (AvgIpc) is 2.42. The molecule has 15 heavy (non-hydrogen) atoms. The zero-order valence-electron chi connectivity index (χ0n) is 9.61. The van der Waals surface area contributed by atoms with Gasteiger partial charge >= 0.3 is 0 Å². The van der Waals surface area contributed by atoms with Gasteiger partial charge in [-0.3, -0.25) is 0 Å². The van der Waals surface area contributed by atoms with Gasteiger partial charge in [0, 0.05) is 11.8 Å². The molecule has 2 aromatic rings.